The van der Waals surface area contributed by atoms with Gasteiger partial charge in [0.05, 0.1) is 6.61 Å². The van der Waals surface area contributed by atoms with Crippen molar-refractivity contribution in [2.24, 2.45) is 5.73 Å². The van der Waals surface area contributed by atoms with Gasteiger partial charge in [0, 0.05) is 12.6 Å². The maximum Gasteiger partial charge on any atom is 0.122 e. The molecular formula is C15H25NO3. The monoisotopic (exact) mass is 267 g/mol. The van der Waals surface area contributed by atoms with Gasteiger partial charge in [-0.2, -0.15) is 0 Å². The molecule has 0 saturated carbocycles. The van der Waals surface area contributed by atoms with Crippen LogP contribution < -0.4 is 10.5 Å². The van der Waals surface area contributed by atoms with E-state index in [9.17, 15) is 5.11 Å². The van der Waals surface area contributed by atoms with E-state index in [-0.39, 0.29) is 6.61 Å². The lowest BCUT2D eigenvalue weighted by molar-refractivity contribution is 0.0542. The summed E-state index contributed by atoms with van der Waals surface area (Å²) in [6, 6.07) is 6.02. The Hall–Kier alpha value is -1.10. The summed E-state index contributed by atoms with van der Waals surface area (Å²) in [5.41, 5.74) is 7.42. The lowest BCUT2D eigenvalue weighted by Crippen LogP contribution is -2.48. The van der Waals surface area contributed by atoms with E-state index in [2.05, 4.69) is 6.07 Å². The minimum Gasteiger partial charge on any atom is -0.491 e. The first-order valence-electron chi connectivity index (χ1n) is 6.53. The molecule has 1 aromatic carbocycles. The average molecular weight is 267 g/mol. The molecule has 0 spiro atoms. The predicted octanol–water partition coefficient (Wildman–Crippen LogP) is 1.66. The number of aryl methyl sites for hydroxylation is 1. The maximum atomic E-state index is 9.84. The van der Waals surface area contributed by atoms with Crippen molar-refractivity contribution >= 4 is 0 Å². The van der Waals surface area contributed by atoms with Crippen LogP contribution in [0.1, 0.15) is 25.0 Å². The highest BCUT2D eigenvalue weighted by molar-refractivity contribution is 5.36. The van der Waals surface area contributed by atoms with Crippen LogP contribution in [0, 0.1) is 6.92 Å². The van der Waals surface area contributed by atoms with Gasteiger partial charge in [-0.3, -0.25) is 0 Å². The van der Waals surface area contributed by atoms with E-state index in [0.29, 0.717) is 6.61 Å². The minimum atomic E-state index is -0.694. The lowest BCUT2D eigenvalue weighted by Gasteiger charge is -2.26. The fourth-order valence-electron chi connectivity index (χ4n) is 1.63. The molecule has 0 aliphatic heterocycles. The van der Waals surface area contributed by atoms with Crippen LogP contribution in [0.2, 0.25) is 0 Å². The van der Waals surface area contributed by atoms with Crippen LogP contribution in [-0.4, -0.2) is 37.1 Å². The molecule has 0 saturated heterocycles. The third-order valence-electron chi connectivity index (χ3n) is 3.09. The van der Waals surface area contributed by atoms with Crippen molar-refractivity contribution in [2.75, 3.05) is 20.3 Å². The molecule has 4 heteroatoms. The number of hydrogen-bond acceptors (Lipinski definition) is 4. The van der Waals surface area contributed by atoms with Gasteiger partial charge in [0.25, 0.3) is 0 Å². The SMILES string of the molecule is COCCc1ccc(OCC(O)C(C)(C)N)c(C)c1. The molecule has 0 bridgehead atoms. The number of rotatable bonds is 7. The Morgan fingerprint density at radius 3 is 2.58 bits per heavy atom. The zero-order valence-corrected chi connectivity index (χ0v) is 12.3. The third kappa shape index (κ3) is 5.19. The van der Waals surface area contributed by atoms with Gasteiger partial charge in [0.1, 0.15) is 18.5 Å². The molecule has 0 aliphatic carbocycles. The van der Waals surface area contributed by atoms with Crippen molar-refractivity contribution < 1.29 is 14.6 Å². The second kappa shape index (κ2) is 6.89. The molecule has 0 amide bonds. The molecule has 1 unspecified atom stereocenters. The van der Waals surface area contributed by atoms with E-state index in [1.807, 2.05) is 19.1 Å². The molecule has 0 radical (unpaired) electrons. The van der Waals surface area contributed by atoms with Crippen LogP contribution in [0.15, 0.2) is 18.2 Å². The topological polar surface area (TPSA) is 64.7 Å². The number of methoxy groups -OCH3 is 1. The summed E-state index contributed by atoms with van der Waals surface area (Å²) >= 11 is 0. The quantitative estimate of drug-likeness (QED) is 0.788. The van der Waals surface area contributed by atoms with Gasteiger partial charge in [0.15, 0.2) is 0 Å². The highest BCUT2D eigenvalue weighted by Crippen LogP contribution is 2.20. The van der Waals surface area contributed by atoms with Gasteiger partial charge in [-0.1, -0.05) is 12.1 Å². The van der Waals surface area contributed by atoms with Crippen molar-refractivity contribution in [2.45, 2.75) is 38.8 Å². The van der Waals surface area contributed by atoms with Crippen LogP contribution in [0.5, 0.6) is 5.75 Å². The first kappa shape index (κ1) is 16.0. The zero-order chi connectivity index (χ0) is 14.5. The summed E-state index contributed by atoms with van der Waals surface area (Å²) in [5.74, 6) is 0.782. The molecule has 3 N–H and O–H groups in total. The highest BCUT2D eigenvalue weighted by Gasteiger charge is 2.23. The lowest BCUT2D eigenvalue weighted by atomic mass is 10.00. The summed E-state index contributed by atoms with van der Waals surface area (Å²) < 4.78 is 10.7. The Kier molecular flexibility index (Phi) is 5.79. The van der Waals surface area contributed by atoms with E-state index in [1.165, 1.54) is 5.56 Å². The van der Waals surface area contributed by atoms with Crippen molar-refractivity contribution in [1.82, 2.24) is 0 Å². The smallest absolute Gasteiger partial charge is 0.122 e. The number of benzene rings is 1. The maximum absolute atomic E-state index is 9.84. The summed E-state index contributed by atoms with van der Waals surface area (Å²) in [6.45, 7) is 6.45. The largest absolute Gasteiger partial charge is 0.491 e. The molecule has 0 aliphatic rings. The van der Waals surface area contributed by atoms with Crippen LogP contribution >= 0.6 is 0 Å². The van der Waals surface area contributed by atoms with Crippen molar-refractivity contribution in [3.8, 4) is 5.75 Å². The first-order chi connectivity index (χ1) is 8.84. The van der Waals surface area contributed by atoms with Crippen LogP contribution in [-0.2, 0) is 11.2 Å². The standard InChI is InChI=1S/C15H25NO3/c1-11-9-12(7-8-18-4)5-6-13(11)19-10-14(17)15(2,3)16/h5-6,9,14,17H,7-8,10,16H2,1-4H3. The summed E-state index contributed by atoms with van der Waals surface area (Å²) in [4.78, 5) is 0. The van der Waals surface area contributed by atoms with E-state index >= 15 is 0 Å². The number of aliphatic hydroxyl groups is 1. The Morgan fingerprint density at radius 2 is 2.05 bits per heavy atom. The Morgan fingerprint density at radius 1 is 1.37 bits per heavy atom. The van der Waals surface area contributed by atoms with E-state index in [1.54, 1.807) is 21.0 Å². The van der Waals surface area contributed by atoms with Crippen molar-refractivity contribution in [1.29, 1.82) is 0 Å². The summed E-state index contributed by atoms with van der Waals surface area (Å²) in [5, 5.41) is 9.84. The Labute approximate surface area is 115 Å². The second-order valence-electron chi connectivity index (χ2n) is 5.49. The van der Waals surface area contributed by atoms with Gasteiger partial charge in [-0.25, -0.2) is 0 Å². The molecule has 19 heavy (non-hydrogen) atoms. The number of aliphatic hydroxyl groups excluding tert-OH is 1. The van der Waals surface area contributed by atoms with Crippen molar-refractivity contribution in [3.05, 3.63) is 29.3 Å². The predicted molar refractivity (Wildman–Crippen MR) is 76.5 cm³/mol. The fourth-order valence-corrected chi connectivity index (χ4v) is 1.63. The molecule has 1 aromatic rings. The first-order valence-corrected chi connectivity index (χ1v) is 6.53. The summed E-state index contributed by atoms with van der Waals surface area (Å²) in [7, 11) is 1.69. The van der Waals surface area contributed by atoms with Gasteiger partial charge in [-0.05, 0) is 44.4 Å². The Balaban J connectivity index is 2.60. The van der Waals surface area contributed by atoms with Crippen LogP contribution in [0.25, 0.3) is 0 Å². The molecule has 108 valence electrons. The fraction of sp³-hybridized carbons (Fsp3) is 0.600. The molecule has 0 aromatic heterocycles. The van der Waals surface area contributed by atoms with Gasteiger partial charge in [0.2, 0.25) is 0 Å². The van der Waals surface area contributed by atoms with Gasteiger partial charge < -0.3 is 20.3 Å². The van der Waals surface area contributed by atoms with E-state index in [0.717, 1.165) is 17.7 Å². The van der Waals surface area contributed by atoms with Gasteiger partial charge >= 0.3 is 0 Å². The van der Waals surface area contributed by atoms with E-state index < -0.39 is 11.6 Å². The third-order valence-corrected chi connectivity index (χ3v) is 3.09. The van der Waals surface area contributed by atoms with Crippen LogP contribution in [0.3, 0.4) is 0 Å². The van der Waals surface area contributed by atoms with E-state index in [4.69, 9.17) is 15.2 Å². The molecular weight excluding hydrogens is 242 g/mol. The van der Waals surface area contributed by atoms with Gasteiger partial charge in [-0.15, -0.1) is 0 Å². The molecule has 1 atom stereocenters. The van der Waals surface area contributed by atoms with Crippen LogP contribution in [0.4, 0.5) is 0 Å². The Bertz CT molecular complexity index is 399. The molecule has 0 fully saturated rings. The highest BCUT2D eigenvalue weighted by atomic mass is 16.5. The number of nitrogens with two attached hydrogens (primary N) is 1. The number of hydrogen-bond donors (Lipinski definition) is 2. The second-order valence-corrected chi connectivity index (χ2v) is 5.49. The summed E-state index contributed by atoms with van der Waals surface area (Å²) in [6.07, 6.45) is 0.191. The minimum absolute atomic E-state index is 0.196. The van der Waals surface area contributed by atoms with Crippen molar-refractivity contribution in [3.63, 3.8) is 0 Å². The average Bonchev–Trinajstić information content (AvgIpc) is 2.33. The normalized spacial score (nSPS) is 13.4. The molecule has 1 rings (SSSR count). The number of ether oxygens (including phenoxy) is 2. The molecule has 0 heterocycles. The molecule has 4 nitrogen and oxygen atoms in total. The zero-order valence-electron chi connectivity index (χ0n) is 12.3.